The Bertz CT molecular complexity index is 477. The molecule has 1 aliphatic rings. The van der Waals surface area contributed by atoms with Crippen LogP contribution in [0.4, 0.5) is 13.2 Å². The molecule has 0 radical (unpaired) electrons. The Morgan fingerprint density at radius 3 is 2.90 bits per heavy atom. The minimum absolute atomic E-state index is 0.0646. The number of hydrogen-bond donors (Lipinski definition) is 1. The second-order valence-corrected chi connectivity index (χ2v) is 4.61. The second-order valence-electron chi connectivity index (χ2n) is 4.61. The van der Waals surface area contributed by atoms with Gasteiger partial charge in [0.1, 0.15) is 5.75 Å². The number of halogens is 3. The normalized spacial score (nSPS) is 17.4. The molecule has 1 aliphatic heterocycles. The quantitative estimate of drug-likeness (QED) is 0.923. The van der Waals surface area contributed by atoms with Crippen molar-refractivity contribution in [3.8, 4) is 5.75 Å². The van der Waals surface area contributed by atoms with Crippen LogP contribution in [-0.2, 0) is 11.3 Å². The first-order valence-corrected chi connectivity index (χ1v) is 6.26. The van der Waals surface area contributed by atoms with Crippen LogP contribution in [0.5, 0.6) is 5.75 Å². The van der Waals surface area contributed by atoms with Crippen LogP contribution < -0.4 is 10.1 Å². The number of nitrogens with zero attached hydrogens (tertiary/aromatic N) is 1. The van der Waals surface area contributed by atoms with Gasteiger partial charge >= 0.3 is 6.36 Å². The van der Waals surface area contributed by atoms with Crippen molar-refractivity contribution in [2.45, 2.75) is 19.3 Å². The van der Waals surface area contributed by atoms with Gasteiger partial charge in [0.05, 0.1) is 6.54 Å². The van der Waals surface area contributed by atoms with E-state index in [0.717, 1.165) is 13.0 Å². The monoisotopic (exact) mass is 288 g/mol. The van der Waals surface area contributed by atoms with E-state index in [9.17, 15) is 18.0 Å². The molecule has 1 aromatic carbocycles. The number of nitrogens with one attached hydrogen (secondary N) is 1. The van der Waals surface area contributed by atoms with Crippen molar-refractivity contribution in [2.75, 3.05) is 19.6 Å². The third-order valence-electron chi connectivity index (χ3n) is 2.88. The van der Waals surface area contributed by atoms with Crippen LogP contribution in [0.1, 0.15) is 12.0 Å². The van der Waals surface area contributed by atoms with Crippen LogP contribution in [0.3, 0.4) is 0 Å². The van der Waals surface area contributed by atoms with Crippen molar-refractivity contribution in [1.29, 1.82) is 0 Å². The molecule has 20 heavy (non-hydrogen) atoms. The van der Waals surface area contributed by atoms with E-state index in [0.29, 0.717) is 18.7 Å². The van der Waals surface area contributed by atoms with Gasteiger partial charge in [0, 0.05) is 19.6 Å². The first kappa shape index (κ1) is 14.6. The molecule has 0 unspecified atom stereocenters. The largest absolute Gasteiger partial charge is 0.573 e. The first-order valence-electron chi connectivity index (χ1n) is 6.26. The van der Waals surface area contributed by atoms with E-state index in [4.69, 9.17) is 0 Å². The highest BCUT2D eigenvalue weighted by molar-refractivity contribution is 5.78. The Kier molecular flexibility index (Phi) is 4.49. The van der Waals surface area contributed by atoms with Gasteiger partial charge in [-0.15, -0.1) is 13.2 Å². The summed E-state index contributed by atoms with van der Waals surface area (Å²) in [6.45, 7) is 2.03. The fraction of sp³-hybridized carbons (Fsp3) is 0.462. The lowest BCUT2D eigenvalue weighted by atomic mass is 10.2. The van der Waals surface area contributed by atoms with E-state index in [1.54, 1.807) is 6.07 Å². The molecule has 0 spiro atoms. The maximum absolute atomic E-state index is 12.2. The molecule has 1 heterocycles. The van der Waals surface area contributed by atoms with Crippen molar-refractivity contribution >= 4 is 5.91 Å². The maximum atomic E-state index is 12.2. The SMILES string of the molecule is O=C1CN(Cc2cccc(OC(F)(F)F)c2)CCCN1. The van der Waals surface area contributed by atoms with Crippen LogP contribution in [-0.4, -0.2) is 36.8 Å². The van der Waals surface area contributed by atoms with Crippen LogP contribution in [0.2, 0.25) is 0 Å². The van der Waals surface area contributed by atoms with Crippen molar-refractivity contribution in [1.82, 2.24) is 10.2 Å². The van der Waals surface area contributed by atoms with Gasteiger partial charge in [0.15, 0.2) is 0 Å². The molecule has 2 rings (SSSR count). The number of ether oxygens (including phenoxy) is 1. The zero-order valence-electron chi connectivity index (χ0n) is 10.7. The van der Waals surface area contributed by atoms with Gasteiger partial charge in [-0.25, -0.2) is 0 Å². The molecule has 1 saturated heterocycles. The lowest BCUT2D eigenvalue weighted by Crippen LogP contribution is -2.32. The number of carbonyl (C=O) groups excluding carboxylic acids is 1. The number of hydrogen-bond acceptors (Lipinski definition) is 3. The van der Waals surface area contributed by atoms with Crippen molar-refractivity contribution < 1.29 is 22.7 Å². The lowest BCUT2D eigenvalue weighted by Gasteiger charge is -2.19. The van der Waals surface area contributed by atoms with Crippen LogP contribution in [0, 0.1) is 0 Å². The van der Waals surface area contributed by atoms with Crippen LogP contribution >= 0.6 is 0 Å². The predicted octanol–water partition coefficient (Wildman–Crippen LogP) is 1.91. The van der Waals surface area contributed by atoms with E-state index >= 15 is 0 Å². The van der Waals surface area contributed by atoms with Gasteiger partial charge in [0.25, 0.3) is 0 Å². The van der Waals surface area contributed by atoms with E-state index in [-0.39, 0.29) is 18.2 Å². The minimum atomic E-state index is -4.69. The summed E-state index contributed by atoms with van der Waals surface area (Å²) in [5.74, 6) is -0.306. The van der Waals surface area contributed by atoms with E-state index < -0.39 is 6.36 Å². The molecule has 1 aromatic rings. The molecule has 0 aromatic heterocycles. The Morgan fingerprint density at radius 1 is 1.35 bits per heavy atom. The minimum Gasteiger partial charge on any atom is -0.406 e. The molecule has 0 atom stereocenters. The highest BCUT2D eigenvalue weighted by Gasteiger charge is 2.31. The Hall–Kier alpha value is -1.76. The summed E-state index contributed by atoms with van der Waals surface area (Å²) in [6.07, 6.45) is -3.87. The van der Waals surface area contributed by atoms with Gasteiger partial charge < -0.3 is 10.1 Å². The number of carbonyl (C=O) groups is 1. The smallest absolute Gasteiger partial charge is 0.406 e. The summed E-state index contributed by atoms with van der Waals surface area (Å²) in [6, 6.07) is 5.82. The van der Waals surface area contributed by atoms with Gasteiger partial charge in [-0.1, -0.05) is 12.1 Å². The number of benzene rings is 1. The standard InChI is InChI=1S/C13H15F3N2O2/c14-13(15,16)20-11-4-1-3-10(7-11)8-18-6-2-5-17-12(19)9-18/h1,3-4,7H,2,5-6,8-9H2,(H,17,19). The van der Waals surface area contributed by atoms with Gasteiger partial charge in [-0.3, -0.25) is 9.69 Å². The molecule has 1 amide bonds. The van der Waals surface area contributed by atoms with Crippen LogP contribution in [0.15, 0.2) is 24.3 Å². The van der Waals surface area contributed by atoms with Crippen LogP contribution in [0.25, 0.3) is 0 Å². The molecule has 0 aliphatic carbocycles. The third-order valence-corrected chi connectivity index (χ3v) is 2.88. The fourth-order valence-corrected chi connectivity index (χ4v) is 2.10. The van der Waals surface area contributed by atoms with Gasteiger partial charge in [-0.05, 0) is 24.1 Å². The summed E-state index contributed by atoms with van der Waals surface area (Å²) in [5.41, 5.74) is 0.682. The average molecular weight is 288 g/mol. The van der Waals surface area contributed by atoms with Crippen molar-refractivity contribution in [3.63, 3.8) is 0 Å². The molecule has 4 nitrogen and oxygen atoms in total. The number of alkyl halides is 3. The maximum Gasteiger partial charge on any atom is 0.573 e. The molecule has 0 bridgehead atoms. The Labute approximate surface area is 114 Å². The summed E-state index contributed by atoms with van der Waals surface area (Å²) in [4.78, 5) is 13.3. The molecule has 7 heteroatoms. The predicted molar refractivity (Wildman–Crippen MR) is 66.0 cm³/mol. The second kappa shape index (κ2) is 6.13. The molecule has 110 valence electrons. The first-order chi connectivity index (χ1) is 9.42. The highest BCUT2D eigenvalue weighted by atomic mass is 19.4. The summed E-state index contributed by atoms with van der Waals surface area (Å²) >= 11 is 0. The van der Waals surface area contributed by atoms with Crippen molar-refractivity contribution in [2.24, 2.45) is 0 Å². The molecule has 1 fully saturated rings. The van der Waals surface area contributed by atoms with Crippen molar-refractivity contribution in [3.05, 3.63) is 29.8 Å². The number of amides is 1. The highest BCUT2D eigenvalue weighted by Crippen LogP contribution is 2.23. The molecule has 0 saturated carbocycles. The number of rotatable bonds is 3. The summed E-state index contributed by atoms with van der Waals surface area (Å²) in [5, 5.41) is 2.75. The Morgan fingerprint density at radius 2 is 2.15 bits per heavy atom. The average Bonchev–Trinajstić information content (AvgIpc) is 2.52. The fourth-order valence-electron chi connectivity index (χ4n) is 2.10. The Balaban J connectivity index is 2.01. The third kappa shape index (κ3) is 4.73. The molecular weight excluding hydrogens is 273 g/mol. The van der Waals surface area contributed by atoms with E-state index in [1.807, 2.05) is 4.90 Å². The van der Waals surface area contributed by atoms with E-state index in [2.05, 4.69) is 10.1 Å². The van der Waals surface area contributed by atoms with E-state index in [1.165, 1.54) is 18.2 Å². The topological polar surface area (TPSA) is 41.6 Å². The lowest BCUT2D eigenvalue weighted by molar-refractivity contribution is -0.274. The zero-order valence-corrected chi connectivity index (χ0v) is 10.7. The molecular formula is C13H15F3N2O2. The molecule has 1 N–H and O–H groups in total. The van der Waals surface area contributed by atoms with Gasteiger partial charge in [-0.2, -0.15) is 0 Å². The van der Waals surface area contributed by atoms with Gasteiger partial charge in [0.2, 0.25) is 5.91 Å². The summed E-state index contributed by atoms with van der Waals surface area (Å²) in [7, 11) is 0. The zero-order chi connectivity index (χ0) is 14.6. The summed E-state index contributed by atoms with van der Waals surface area (Å²) < 4.78 is 40.3.